The van der Waals surface area contributed by atoms with Crippen molar-refractivity contribution in [1.82, 2.24) is 9.97 Å². The van der Waals surface area contributed by atoms with Crippen LogP contribution in [0.15, 0.2) is 89.5 Å². The van der Waals surface area contributed by atoms with E-state index >= 15 is 0 Å². The molecule has 0 saturated heterocycles. The average Bonchev–Trinajstić information content (AvgIpc) is 2.94. The zero-order valence-electron chi connectivity index (χ0n) is 18.9. The van der Waals surface area contributed by atoms with E-state index in [1.807, 2.05) is 60.8 Å². The Morgan fingerprint density at radius 2 is 1.14 bits per heavy atom. The van der Waals surface area contributed by atoms with Gasteiger partial charge in [0.25, 0.3) is 0 Å². The van der Waals surface area contributed by atoms with Gasteiger partial charge in [0.15, 0.2) is 0 Å². The summed E-state index contributed by atoms with van der Waals surface area (Å²) in [5.41, 5.74) is 8.11. The minimum absolute atomic E-state index is 0.0572. The Hall–Kier alpha value is -2.17. The van der Waals surface area contributed by atoms with Gasteiger partial charge in [-0.3, -0.25) is 9.97 Å². The van der Waals surface area contributed by atoms with Crippen LogP contribution in [-0.4, -0.2) is 27.8 Å². The molecule has 0 atom stereocenters. The van der Waals surface area contributed by atoms with Crippen LogP contribution in [0.2, 0.25) is 0 Å². The number of aliphatic hydroxyl groups excluding tert-OH is 2. The molecule has 0 fully saturated rings. The third kappa shape index (κ3) is 9.09. The van der Waals surface area contributed by atoms with Gasteiger partial charge in [-0.25, -0.2) is 0 Å². The van der Waals surface area contributed by atoms with Crippen LogP contribution in [0.25, 0.3) is 22.5 Å². The number of benzene rings is 2. The van der Waals surface area contributed by atoms with Gasteiger partial charge in [0, 0.05) is 34.2 Å². The number of pyridine rings is 2. The summed E-state index contributed by atoms with van der Waals surface area (Å²) in [4.78, 5) is 8.59. The van der Waals surface area contributed by atoms with Crippen molar-refractivity contribution in [1.29, 1.82) is 0 Å². The number of thiol groups is 1. The van der Waals surface area contributed by atoms with E-state index < -0.39 is 0 Å². The second-order valence-electron chi connectivity index (χ2n) is 7.10. The molecule has 9 heteroatoms. The fourth-order valence-electron chi connectivity index (χ4n) is 3.19. The first-order valence-corrected chi connectivity index (χ1v) is 13.2. The van der Waals surface area contributed by atoms with Gasteiger partial charge in [-0.1, -0.05) is 68.3 Å². The first-order valence-electron chi connectivity index (χ1n) is 10.6. The molecule has 179 valence electrons. The number of hydrogen-bond acceptors (Lipinski definition) is 6. The number of alkyl halides is 2. The topological polar surface area (TPSA) is 78.6 Å². The number of rotatable bonds is 6. The maximum atomic E-state index is 9.19. The summed E-state index contributed by atoms with van der Waals surface area (Å²) in [5, 5.41) is 20.0. The second kappa shape index (κ2) is 16.5. The molecule has 5 nitrogen and oxygen atoms in total. The molecule has 1 radical (unpaired) electrons. The van der Waals surface area contributed by atoms with Crippen LogP contribution < -0.4 is 0 Å². The van der Waals surface area contributed by atoms with Crippen LogP contribution in [0.1, 0.15) is 22.3 Å². The average molecular weight is 614 g/mol. The van der Waals surface area contributed by atoms with E-state index in [2.05, 4.69) is 84.8 Å². The molecule has 0 spiro atoms. The SMILES string of the molecule is BrCc1ccc(-c2ccccn2)cc1CBr.OCc1ccc(-c2ccccn2)cc1CO.[B]=NS. The van der Waals surface area contributed by atoms with Crippen LogP contribution in [0.3, 0.4) is 0 Å². The van der Waals surface area contributed by atoms with Gasteiger partial charge < -0.3 is 10.2 Å². The zero-order chi connectivity index (χ0) is 25.5. The fourth-order valence-corrected chi connectivity index (χ4v) is 4.26. The monoisotopic (exact) mass is 612 g/mol. The van der Waals surface area contributed by atoms with E-state index in [4.69, 9.17) is 5.11 Å². The van der Waals surface area contributed by atoms with E-state index in [9.17, 15) is 5.11 Å². The molecular formula is C26H25BBr2N3O2S. The summed E-state index contributed by atoms with van der Waals surface area (Å²) >= 11 is 10.2. The standard InChI is InChI=1S/C13H11Br2N.C13H13NO2.BHNS/c14-8-11-5-4-10(7-12(11)9-15)13-3-1-2-6-16-13;15-8-11-5-4-10(7-12(11)9-16)13-3-1-2-6-14-13;1-2-3/h1-7H,8-9H2;1-7,15-16H,8-9H2;3H. The Kier molecular flexibility index (Phi) is 13.7. The predicted molar refractivity (Wildman–Crippen MR) is 154 cm³/mol. The molecule has 4 aromatic rings. The van der Waals surface area contributed by atoms with Gasteiger partial charge in [-0.15, -0.1) is 0 Å². The molecule has 0 saturated carbocycles. The van der Waals surface area contributed by atoms with Crippen molar-refractivity contribution in [2.75, 3.05) is 0 Å². The van der Waals surface area contributed by atoms with Crippen LogP contribution in [0, 0.1) is 0 Å². The van der Waals surface area contributed by atoms with Crippen LogP contribution >= 0.6 is 44.7 Å². The van der Waals surface area contributed by atoms with Gasteiger partial charge in [0.1, 0.15) is 0 Å². The first kappa shape index (κ1) is 29.1. The van der Waals surface area contributed by atoms with Crippen molar-refractivity contribution in [3.63, 3.8) is 0 Å². The van der Waals surface area contributed by atoms with E-state index in [1.54, 1.807) is 6.20 Å². The van der Waals surface area contributed by atoms with Crippen molar-refractivity contribution in [3.05, 3.63) is 107 Å². The molecule has 0 aliphatic rings. The Morgan fingerprint density at radius 1 is 0.686 bits per heavy atom. The molecule has 0 amide bonds. The zero-order valence-corrected chi connectivity index (χ0v) is 23.0. The first-order chi connectivity index (χ1) is 17.1. The van der Waals surface area contributed by atoms with E-state index in [0.717, 1.165) is 38.7 Å². The Morgan fingerprint density at radius 3 is 1.54 bits per heavy atom. The molecule has 0 bridgehead atoms. The molecule has 0 unspecified atom stereocenters. The van der Waals surface area contributed by atoms with E-state index in [-0.39, 0.29) is 13.2 Å². The maximum absolute atomic E-state index is 9.19. The molecule has 35 heavy (non-hydrogen) atoms. The molecule has 2 N–H and O–H groups in total. The van der Waals surface area contributed by atoms with Gasteiger partial charge in [0.05, 0.1) is 24.6 Å². The summed E-state index contributed by atoms with van der Waals surface area (Å²) in [7, 11) is 4.34. The molecular weight excluding hydrogens is 589 g/mol. The van der Waals surface area contributed by atoms with Gasteiger partial charge in [-0.05, 0) is 58.7 Å². The Balaban J connectivity index is 0.000000222. The number of nitrogens with zero attached hydrogens (tertiary/aromatic N) is 3. The number of hydrogen-bond donors (Lipinski definition) is 3. The van der Waals surface area contributed by atoms with Gasteiger partial charge in [-0.2, -0.15) is 0 Å². The molecule has 0 aliphatic carbocycles. The predicted octanol–water partition coefficient (Wildman–Crippen LogP) is 6.45. The second-order valence-corrected chi connectivity index (χ2v) is 8.45. The summed E-state index contributed by atoms with van der Waals surface area (Å²) in [6.45, 7) is -0.130. The molecule has 2 aromatic heterocycles. The third-order valence-corrected chi connectivity index (χ3v) is 6.17. The normalized spacial score (nSPS) is 9.83. The molecule has 2 heterocycles. The van der Waals surface area contributed by atoms with Crippen molar-refractivity contribution >= 4 is 52.3 Å². The van der Waals surface area contributed by atoms with E-state index in [1.165, 1.54) is 16.7 Å². The summed E-state index contributed by atoms with van der Waals surface area (Å²) in [6.07, 6.45) is 3.55. The molecule has 0 aliphatic heterocycles. The molecule has 4 rings (SSSR count). The van der Waals surface area contributed by atoms with Crippen LogP contribution in [0.4, 0.5) is 0 Å². The Labute approximate surface area is 229 Å². The fraction of sp³-hybridized carbons (Fsp3) is 0.154. The van der Waals surface area contributed by atoms with Crippen molar-refractivity contribution in [3.8, 4) is 22.5 Å². The quantitative estimate of drug-likeness (QED) is 0.133. The Bertz CT molecular complexity index is 1090. The van der Waals surface area contributed by atoms with E-state index in [0.29, 0.717) is 0 Å². The van der Waals surface area contributed by atoms with Crippen LogP contribution in [-0.2, 0) is 23.9 Å². The minimum atomic E-state index is -0.0729. The number of halogens is 2. The van der Waals surface area contributed by atoms with Crippen molar-refractivity contribution < 1.29 is 10.2 Å². The number of aliphatic hydroxyl groups is 2. The summed E-state index contributed by atoms with van der Waals surface area (Å²) < 4.78 is 2.69. The van der Waals surface area contributed by atoms with Crippen molar-refractivity contribution in [2.45, 2.75) is 23.9 Å². The summed E-state index contributed by atoms with van der Waals surface area (Å²) in [5.74, 6) is 0. The van der Waals surface area contributed by atoms with Crippen molar-refractivity contribution in [2.24, 2.45) is 4.30 Å². The van der Waals surface area contributed by atoms with Gasteiger partial charge in [0.2, 0.25) is 0 Å². The summed E-state index contributed by atoms with van der Waals surface area (Å²) in [6, 6.07) is 23.7. The van der Waals surface area contributed by atoms with Crippen LogP contribution in [0.5, 0.6) is 0 Å². The molecule has 2 aromatic carbocycles. The third-order valence-electron chi connectivity index (χ3n) is 4.96. The van der Waals surface area contributed by atoms with Gasteiger partial charge >= 0.3 is 24.8 Å². The number of aromatic nitrogens is 2.